The van der Waals surface area contributed by atoms with Gasteiger partial charge in [0.25, 0.3) is 5.91 Å². The van der Waals surface area contributed by atoms with Crippen LogP contribution in [0, 0.1) is 0 Å². The van der Waals surface area contributed by atoms with Crippen molar-refractivity contribution in [2.45, 2.75) is 44.7 Å². The van der Waals surface area contributed by atoms with Crippen LogP contribution in [-0.2, 0) is 6.54 Å². The Kier molecular flexibility index (Phi) is 8.84. The van der Waals surface area contributed by atoms with Gasteiger partial charge in [-0.3, -0.25) is 4.79 Å². The van der Waals surface area contributed by atoms with E-state index >= 15 is 0 Å². The number of nitrogens with one attached hydrogen (secondary N) is 1. The number of piperidine rings is 1. The summed E-state index contributed by atoms with van der Waals surface area (Å²) in [5, 5.41) is 4.46. The Bertz CT molecular complexity index is 1380. The molecule has 7 heteroatoms. The van der Waals surface area contributed by atoms with Crippen LogP contribution >= 0.6 is 11.6 Å². The maximum absolute atomic E-state index is 13.0. The molecule has 6 nitrogen and oxygen atoms in total. The van der Waals surface area contributed by atoms with E-state index in [4.69, 9.17) is 16.6 Å². The third kappa shape index (κ3) is 6.63. The Hall–Kier alpha value is -3.35. The maximum Gasteiger partial charge on any atom is 0.253 e. The number of anilines is 1. The standard InChI is InChI=1S/C32H38ClN5O/c1-3-38-30-15-8-7-14-29(30)35-32(38)34-28-17-20-37(21-18-28)19-16-26(25-12-9-13-27(33)22-25)23-36(2)31(39)24-10-5-4-6-11-24/h4-15,22,26,28H,3,16-21,23H2,1-2H3,(H,34,35). The van der Waals surface area contributed by atoms with E-state index in [0.717, 1.165) is 67.5 Å². The minimum absolute atomic E-state index is 0.0487. The molecule has 204 valence electrons. The highest BCUT2D eigenvalue weighted by Gasteiger charge is 2.24. The average Bonchev–Trinajstić information content (AvgIpc) is 3.32. The highest BCUT2D eigenvalue weighted by molar-refractivity contribution is 6.30. The SMILES string of the molecule is CCn1c(NC2CCN(CCC(CN(C)C(=O)c3ccccc3)c3cccc(Cl)c3)CC2)nc2ccccc21. The van der Waals surface area contributed by atoms with Crippen molar-refractivity contribution in [1.82, 2.24) is 19.4 Å². The summed E-state index contributed by atoms with van der Waals surface area (Å²) in [7, 11) is 1.90. The number of hydrogen-bond acceptors (Lipinski definition) is 4. The van der Waals surface area contributed by atoms with Crippen molar-refractivity contribution in [3.05, 3.63) is 95.0 Å². The molecule has 1 amide bonds. The highest BCUT2D eigenvalue weighted by Crippen LogP contribution is 2.26. The molecule has 3 aromatic carbocycles. The van der Waals surface area contributed by atoms with Crippen LogP contribution in [0.2, 0.25) is 5.02 Å². The average molecular weight is 544 g/mol. The lowest BCUT2D eigenvalue weighted by atomic mass is 9.94. The first-order chi connectivity index (χ1) is 19.0. The van der Waals surface area contributed by atoms with Crippen LogP contribution in [0.1, 0.15) is 48.0 Å². The smallest absolute Gasteiger partial charge is 0.253 e. The number of aryl methyl sites for hydroxylation is 1. The van der Waals surface area contributed by atoms with Gasteiger partial charge in [-0.05, 0) is 74.7 Å². The Morgan fingerprint density at radius 3 is 2.54 bits per heavy atom. The van der Waals surface area contributed by atoms with E-state index in [-0.39, 0.29) is 11.8 Å². The Morgan fingerprint density at radius 1 is 1.05 bits per heavy atom. The molecule has 1 saturated heterocycles. The number of carbonyl (C=O) groups is 1. The number of benzene rings is 3. The number of fused-ring (bicyclic) bond motifs is 1. The number of halogens is 1. The number of rotatable bonds is 10. The Morgan fingerprint density at radius 2 is 1.79 bits per heavy atom. The monoisotopic (exact) mass is 543 g/mol. The molecular weight excluding hydrogens is 506 g/mol. The van der Waals surface area contributed by atoms with Crippen LogP contribution in [0.5, 0.6) is 0 Å². The summed E-state index contributed by atoms with van der Waals surface area (Å²) in [6.45, 7) is 6.80. The van der Waals surface area contributed by atoms with Crippen LogP contribution < -0.4 is 5.32 Å². The van der Waals surface area contributed by atoms with Gasteiger partial charge in [-0.2, -0.15) is 0 Å². The van der Waals surface area contributed by atoms with E-state index in [1.54, 1.807) is 0 Å². The molecule has 4 aromatic rings. The van der Waals surface area contributed by atoms with Crippen LogP contribution in [0.3, 0.4) is 0 Å². The fraction of sp³-hybridized carbons (Fsp3) is 0.375. The van der Waals surface area contributed by atoms with Crippen molar-refractivity contribution in [2.24, 2.45) is 0 Å². The predicted octanol–water partition coefficient (Wildman–Crippen LogP) is 6.53. The third-order valence-corrected chi connectivity index (χ3v) is 8.10. The minimum Gasteiger partial charge on any atom is -0.353 e. The molecule has 1 N–H and O–H groups in total. The molecule has 0 aliphatic carbocycles. The summed E-state index contributed by atoms with van der Waals surface area (Å²) >= 11 is 6.36. The van der Waals surface area contributed by atoms with E-state index < -0.39 is 0 Å². The molecule has 1 aliphatic heterocycles. The van der Waals surface area contributed by atoms with Gasteiger partial charge in [0.2, 0.25) is 5.95 Å². The number of nitrogens with zero attached hydrogens (tertiary/aromatic N) is 4. The van der Waals surface area contributed by atoms with Gasteiger partial charge in [0.15, 0.2) is 0 Å². The summed E-state index contributed by atoms with van der Waals surface area (Å²) < 4.78 is 2.27. The molecule has 5 rings (SSSR count). The van der Waals surface area contributed by atoms with E-state index in [0.29, 0.717) is 12.6 Å². The van der Waals surface area contributed by atoms with Crippen LogP contribution in [0.15, 0.2) is 78.9 Å². The van der Waals surface area contributed by atoms with Crippen LogP contribution in [0.25, 0.3) is 11.0 Å². The number of imidazole rings is 1. The number of hydrogen-bond donors (Lipinski definition) is 1. The molecular formula is C32H38ClN5O. The predicted molar refractivity (Wildman–Crippen MR) is 161 cm³/mol. The Balaban J connectivity index is 1.19. The van der Waals surface area contributed by atoms with Gasteiger partial charge in [-0.25, -0.2) is 4.98 Å². The first-order valence-electron chi connectivity index (χ1n) is 14.0. The molecule has 1 atom stereocenters. The molecule has 0 spiro atoms. The summed E-state index contributed by atoms with van der Waals surface area (Å²) in [5.41, 5.74) is 4.13. The molecule has 1 unspecified atom stereocenters. The van der Waals surface area contributed by atoms with Crippen LogP contribution in [0.4, 0.5) is 5.95 Å². The second kappa shape index (κ2) is 12.7. The number of likely N-dealkylation sites (tertiary alicyclic amines) is 1. The first-order valence-corrected chi connectivity index (χ1v) is 14.4. The van der Waals surface area contributed by atoms with Gasteiger partial charge in [0.05, 0.1) is 11.0 Å². The summed E-state index contributed by atoms with van der Waals surface area (Å²) in [6.07, 6.45) is 3.14. The van der Waals surface area contributed by atoms with Crippen molar-refractivity contribution in [2.75, 3.05) is 38.5 Å². The summed E-state index contributed by atoms with van der Waals surface area (Å²) in [6, 6.07) is 26.4. The number of carbonyl (C=O) groups excluding carboxylic acids is 1. The van der Waals surface area contributed by atoms with Crippen molar-refractivity contribution in [3.63, 3.8) is 0 Å². The van der Waals surface area contributed by atoms with Crippen LogP contribution in [-0.4, -0.2) is 64.5 Å². The molecule has 0 radical (unpaired) electrons. The zero-order valence-electron chi connectivity index (χ0n) is 22.9. The topological polar surface area (TPSA) is 53.4 Å². The van der Waals surface area contributed by atoms with E-state index in [2.05, 4.69) is 46.0 Å². The maximum atomic E-state index is 13.0. The zero-order valence-corrected chi connectivity index (χ0v) is 23.6. The van der Waals surface area contributed by atoms with E-state index in [9.17, 15) is 4.79 Å². The lowest BCUT2D eigenvalue weighted by Crippen LogP contribution is -2.40. The van der Waals surface area contributed by atoms with Crippen molar-refractivity contribution in [1.29, 1.82) is 0 Å². The largest absolute Gasteiger partial charge is 0.353 e. The van der Waals surface area contributed by atoms with Gasteiger partial charge < -0.3 is 19.7 Å². The third-order valence-electron chi connectivity index (χ3n) is 7.87. The summed E-state index contributed by atoms with van der Waals surface area (Å²) in [4.78, 5) is 22.3. The molecule has 0 saturated carbocycles. The number of amides is 1. The molecule has 1 fully saturated rings. The quantitative estimate of drug-likeness (QED) is 0.247. The fourth-order valence-corrected chi connectivity index (χ4v) is 5.86. The molecule has 0 bridgehead atoms. The molecule has 39 heavy (non-hydrogen) atoms. The van der Waals surface area contributed by atoms with Gasteiger partial charge >= 0.3 is 0 Å². The van der Waals surface area contributed by atoms with E-state index in [1.165, 1.54) is 11.1 Å². The Labute approximate surface area is 236 Å². The van der Waals surface area contributed by atoms with Gasteiger partial charge in [-0.1, -0.05) is 54.1 Å². The summed E-state index contributed by atoms with van der Waals surface area (Å²) in [5.74, 6) is 1.23. The molecule has 1 aromatic heterocycles. The second-order valence-corrected chi connectivity index (χ2v) is 11.0. The fourth-order valence-electron chi connectivity index (χ4n) is 5.67. The number of para-hydroxylation sites is 2. The lowest BCUT2D eigenvalue weighted by molar-refractivity contribution is 0.0782. The van der Waals surface area contributed by atoms with Crippen molar-refractivity contribution >= 4 is 34.5 Å². The van der Waals surface area contributed by atoms with E-state index in [1.807, 2.05) is 66.5 Å². The normalized spacial score (nSPS) is 15.4. The zero-order chi connectivity index (χ0) is 27.2. The van der Waals surface area contributed by atoms with Gasteiger partial charge in [-0.15, -0.1) is 0 Å². The van der Waals surface area contributed by atoms with Crippen molar-refractivity contribution < 1.29 is 4.79 Å². The molecule has 2 heterocycles. The van der Waals surface area contributed by atoms with Gasteiger partial charge in [0, 0.05) is 55.8 Å². The molecule has 1 aliphatic rings. The second-order valence-electron chi connectivity index (χ2n) is 10.5. The van der Waals surface area contributed by atoms with Crippen molar-refractivity contribution in [3.8, 4) is 0 Å². The first kappa shape index (κ1) is 27.2. The number of aromatic nitrogens is 2. The highest BCUT2D eigenvalue weighted by atomic mass is 35.5. The van der Waals surface area contributed by atoms with Gasteiger partial charge in [0.1, 0.15) is 0 Å². The minimum atomic E-state index is 0.0487. The number of likely N-dealkylation sites (N-methyl/N-ethyl adjacent to an activating group) is 1. The lowest BCUT2D eigenvalue weighted by Gasteiger charge is -2.34.